The van der Waals surface area contributed by atoms with Gasteiger partial charge in [-0.1, -0.05) is 22.9 Å². The monoisotopic (exact) mass is 354 g/mol. The maximum absolute atomic E-state index is 5.79. The molecule has 1 saturated heterocycles. The molecule has 0 saturated carbocycles. The average molecular weight is 355 g/mol. The van der Waals surface area contributed by atoms with Gasteiger partial charge in [0.2, 0.25) is 0 Å². The molecule has 0 aliphatic carbocycles. The summed E-state index contributed by atoms with van der Waals surface area (Å²) < 4.78 is 6.93. The third-order valence-corrected chi connectivity index (χ3v) is 4.28. The topological polar surface area (TPSA) is 24.5 Å². The van der Waals surface area contributed by atoms with Crippen molar-refractivity contribution in [3.63, 3.8) is 0 Å². The third-order valence-electron chi connectivity index (χ3n) is 3.79. The van der Waals surface area contributed by atoms with E-state index in [-0.39, 0.29) is 5.54 Å². The van der Waals surface area contributed by atoms with Gasteiger partial charge in [-0.25, -0.2) is 0 Å². The highest BCUT2D eigenvalue weighted by Gasteiger charge is 2.21. The first kappa shape index (κ1) is 16.8. The molecule has 0 bridgehead atoms. The smallest absolute Gasteiger partial charge is 0.0748 e. The molecule has 118 valence electrons. The van der Waals surface area contributed by atoms with Crippen molar-refractivity contribution in [2.24, 2.45) is 0 Å². The van der Waals surface area contributed by atoms with Gasteiger partial charge in [-0.3, -0.25) is 0 Å². The van der Waals surface area contributed by atoms with Crippen LogP contribution in [0.2, 0.25) is 0 Å². The van der Waals surface area contributed by atoms with Crippen molar-refractivity contribution in [2.75, 3.05) is 24.6 Å². The number of rotatable bonds is 4. The molecule has 0 radical (unpaired) electrons. The molecule has 1 fully saturated rings. The normalized spacial score (nSPS) is 19.9. The first-order chi connectivity index (χ1) is 9.89. The van der Waals surface area contributed by atoms with Crippen LogP contribution >= 0.6 is 15.9 Å². The van der Waals surface area contributed by atoms with Gasteiger partial charge in [0.25, 0.3) is 0 Å². The molecule has 21 heavy (non-hydrogen) atoms. The zero-order chi connectivity index (χ0) is 15.5. The second kappa shape index (κ2) is 7.12. The number of hydrogen-bond donors (Lipinski definition) is 1. The van der Waals surface area contributed by atoms with Gasteiger partial charge in [0, 0.05) is 35.3 Å². The van der Waals surface area contributed by atoms with Crippen LogP contribution < -0.4 is 10.2 Å². The molecule has 4 heteroatoms. The Morgan fingerprint density at radius 3 is 2.81 bits per heavy atom. The van der Waals surface area contributed by atoms with E-state index in [1.807, 2.05) is 0 Å². The van der Waals surface area contributed by atoms with Crippen LogP contribution in [-0.2, 0) is 11.3 Å². The third kappa shape index (κ3) is 4.97. The Morgan fingerprint density at radius 2 is 2.14 bits per heavy atom. The standard InChI is InChI=1S/C17H27BrN2O/c1-5-15-12-20(8-9-21-15)16-7-6-14(18)10-13(16)11-19-17(2,3)4/h6-7,10,15,19H,5,8-9,11-12H2,1-4H3. The van der Waals surface area contributed by atoms with Gasteiger partial charge in [0.1, 0.15) is 0 Å². The predicted octanol–water partition coefficient (Wildman–Crippen LogP) is 3.95. The summed E-state index contributed by atoms with van der Waals surface area (Å²) in [6, 6.07) is 6.58. The highest BCUT2D eigenvalue weighted by molar-refractivity contribution is 9.10. The van der Waals surface area contributed by atoms with Crippen LogP contribution in [0.1, 0.15) is 39.7 Å². The van der Waals surface area contributed by atoms with Gasteiger partial charge in [0.05, 0.1) is 12.7 Å². The van der Waals surface area contributed by atoms with Crippen LogP contribution in [0, 0.1) is 0 Å². The Kier molecular flexibility index (Phi) is 5.69. The molecule has 1 aliphatic heterocycles. The summed E-state index contributed by atoms with van der Waals surface area (Å²) in [5.41, 5.74) is 2.80. The van der Waals surface area contributed by atoms with E-state index < -0.39 is 0 Å². The Morgan fingerprint density at radius 1 is 1.38 bits per heavy atom. The molecule has 1 aromatic carbocycles. The van der Waals surface area contributed by atoms with E-state index in [2.05, 4.69) is 72.0 Å². The minimum absolute atomic E-state index is 0.122. The first-order valence-electron chi connectivity index (χ1n) is 7.79. The lowest BCUT2D eigenvalue weighted by atomic mass is 10.1. The zero-order valence-corrected chi connectivity index (χ0v) is 15.2. The lowest BCUT2D eigenvalue weighted by Crippen LogP contribution is -2.43. The van der Waals surface area contributed by atoms with E-state index in [1.54, 1.807) is 0 Å². The second-order valence-corrected chi connectivity index (χ2v) is 7.64. The molecule has 0 aromatic heterocycles. The summed E-state index contributed by atoms with van der Waals surface area (Å²) in [6.45, 7) is 12.5. The minimum atomic E-state index is 0.122. The second-order valence-electron chi connectivity index (χ2n) is 6.72. The van der Waals surface area contributed by atoms with Crippen molar-refractivity contribution < 1.29 is 4.74 Å². The van der Waals surface area contributed by atoms with Crippen LogP contribution in [-0.4, -0.2) is 31.3 Å². The van der Waals surface area contributed by atoms with E-state index >= 15 is 0 Å². The SMILES string of the molecule is CCC1CN(c2ccc(Br)cc2CNC(C)(C)C)CCO1. The predicted molar refractivity (Wildman–Crippen MR) is 93.0 cm³/mol. The van der Waals surface area contributed by atoms with E-state index in [0.717, 1.165) is 37.1 Å². The van der Waals surface area contributed by atoms with E-state index in [9.17, 15) is 0 Å². The summed E-state index contributed by atoms with van der Waals surface area (Å²) in [5.74, 6) is 0. The van der Waals surface area contributed by atoms with Crippen molar-refractivity contribution in [1.29, 1.82) is 0 Å². The Balaban J connectivity index is 2.17. The quantitative estimate of drug-likeness (QED) is 0.885. The van der Waals surface area contributed by atoms with Gasteiger partial charge < -0.3 is 15.0 Å². The van der Waals surface area contributed by atoms with Crippen LogP contribution in [0.5, 0.6) is 0 Å². The molecule has 2 rings (SSSR count). The maximum Gasteiger partial charge on any atom is 0.0748 e. The minimum Gasteiger partial charge on any atom is -0.375 e. The fraction of sp³-hybridized carbons (Fsp3) is 0.647. The Bertz CT molecular complexity index is 470. The lowest BCUT2D eigenvalue weighted by Gasteiger charge is -2.35. The Hall–Kier alpha value is -0.580. The number of nitrogens with one attached hydrogen (secondary N) is 1. The molecule has 1 aliphatic rings. The number of anilines is 1. The molecule has 0 amide bonds. The Labute approximate surface area is 137 Å². The van der Waals surface area contributed by atoms with Crippen molar-refractivity contribution in [3.8, 4) is 0 Å². The number of ether oxygens (including phenoxy) is 1. The molecule has 3 nitrogen and oxygen atoms in total. The van der Waals surface area contributed by atoms with Gasteiger partial charge >= 0.3 is 0 Å². The molecule has 1 atom stereocenters. The molecule has 1 unspecified atom stereocenters. The van der Waals surface area contributed by atoms with Crippen LogP contribution in [0.15, 0.2) is 22.7 Å². The number of nitrogens with zero attached hydrogens (tertiary/aromatic N) is 1. The van der Waals surface area contributed by atoms with Crippen LogP contribution in [0.3, 0.4) is 0 Å². The zero-order valence-electron chi connectivity index (χ0n) is 13.6. The average Bonchev–Trinajstić information content (AvgIpc) is 2.44. The lowest BCUT2D eigenvalue weighted by molar-refractivity contribution is 0.0384. The van der Waals surface area contributed by atoms with Gasteiger partial charge in [-0.05, 0) is 51.0 Å². The number of hydrogen-bond acceptors (Lipinski definition) is 3. The maximum atomic E-state index is 5.79. The largest absolute Gasteiger partial charge is 0.375 e. The fourth-order valence-corrected chi connectivity index (χ4v) is 2.96. The highest BCUT2D eigenvalue weighted by Crippen LogP contribution is 2.27. The summed E-state index contributed by atoms with van der Waals surface area (Å²) in [6.07, 6.45) is 1.42. The van der Waals surface area contributed by atoms with Crippen molar-refractivity contribution in [3.05, 3.63) is 28.2 Å². The van der Waals surface area contributed by atoms with Crippen LogP contribution in [0.25, 0.3) is 0 Å². The van der Waals surface area contributed by atoms with Gasteiger partial charge in [-0.15, -0.1) is 0 Å². The molecular weight excluding hydrogens is 328 g/mol. The molecule has 1 heterocycles. The summed E-state index contributed by atoms with van der Waals surface area (Å²) in [7, 11) is 0. The van der Waals surface area contributed by atoms with E-state index in [0.29, 0.717) is 6.10 Å². The van der Waals surface area contributed by atoms with Crippen molar-refractivity contribution in [2.45, 2.75) is 52.3 Å². The highest BCUT2D eigenvalue weighted by atomic mass is 79.9. The number of benzene rings is 1. The van der Waals surface area contributed by atoms with Crippen LogP contribution in [0.4, 0.5) is 5.69 Å². The fourth-order valence-electron chi connectivity index (χ4n) is 2.55. The van der Waals surface area contributed by atoms with E-state index in [1.165, 1.54) is 11.3 Å². The first-order valence-corrected chi connectivity index (χ1v) is 8.58. The van der Waals surface area contributed by atoms with Crippen molar-refractivity contribution in [1.82, 2.24) is 5.32 Å². The number of morpholine rings is 1. The molecule has 0 spiro atoms. The van der Waals surface area contributed by atoms with Crippen molar-refractivity contribution >= 4 is 21.6 Å². The van der Waals surface area contributed by atoms with E-state index in [4.69, 9.17) is 4.74 Å². The molecule has 1 N–H and O–H groups in total. The summed E-state index contributed by atoms with van der Waals surface area (Å²) >= 11 is 3.60. The van der Waals surface area contributed by atoms with Gasteiger partial charge in [0.15, 0.2) is 0 Å². The summed E-state index contributed by atoms with van der Waals surface area (Å²) in [4.78, 5) is 2.46. The summed E-state index contributed by atoms with van der Waals surface area (Å²) in [5, 5.41) is 3.59. The number of halogens is 1. The molecule has 1 aromatic rings. The van der Waals surface area contributed by atoms with Gasteiger partial charge in [-0.2, -0.15) is 0 Å². The molecular formula is C17H27BrN2O.